The minimum atomic E-state index is 0.503. The lowest BCUT2D eigenvalue weighted by Gasteiger charge is -2.40. The molecule has 3 atom stereocenters. The van der Waals surface area contributed by atoms with Crippen LogP contribution in [0.3, 0.4) is 0 Å². The summed E-state index contributed by atoms with van der Waals surface area (Å²) in [6, 6.07) is 1.53. The first kappa shape index (κ1) is 13.1. The van der Waals surface area contributed by atoms with Gasteiger partial charge >= 0.3 is 0 Å². The van der Waals surface area contributed by atoms with Gasteiger partial charge in [0.25, 0.3) is 0 Å². The molecule has 2 rings (SSSR count). The van der Waals surface area contributed by atoms with Gasteiger partial charge in [0.2, 0.25) is 0 Å². The highest BCUT2D eigenvalue weighted by Crippen LogP contribution is 2.36. The predicted molar refractivity (Wildman–Crippen MR) is 77.6 cm³/mol. The second-order valence-corrected chi connectivity index (χ2v) is 8.19. The zero-order valence-electron chi connectivity index (χ0n) is 10.8. The fraction of sp³-hybridized carbons (Fsp3) is 1.00. The Morgan fingerprint density at radius 3 is 2.75 bits per heavy atom. The van der Waals surface area contributed by atoms with Gasteiger partial charge in [0, 0.05) is 23.1 Å². The number of hydrogen-bond acceptors (Lipinski definition) is 3. The van der Waals surface area contributed by atoms with E-state index in [0.29, 0.717) is 5.41 Å². The van der Waals surface area contributed by atoms with E-state index in [2.05, 4.69) is 48.9 Å². The van der Waals surface area contributed by atoms with Crippen LogP contribution in [-0.4, -0.2) is 35.1 Å². The van der Waals surface area contributed by atoms with Crippen molar-refractivity contribution < 1.29 is 0 Å². The first-order chi connectivity index (χ1) is 7.62. The van der Waals surface area contributed by atoms with E-state index < -0.39 is 0 Å². The van der Waals surface area contributed by atoms with E-state index in [1.165, 1.54) is 37.2 Å². The normalized spacial score (nSPS) is 38.8. The Bertz CT molecular complexity index is 230. The van der Waals surface area contributed by atoms with Crippen molar-refractivity contribution in [1.29, 1.82) is 0 Å². The fourth-order valence-corrected chi connectivity index (χ4v) is 5.22. The van der Waals surface area contributed by atoms with Crippen LogP contribution < -0.4 is 5.32 Å². The third-order valence-corrected chi connectivity index (χ3v) is 6.43. The van der Waals surface area contributed by atoms with E-state index in [1.807, 2.05) is 0 Å². The molecular weight excluding hydrogens is 234 g/mol. The lowest BCUT2D eigenvalue weighted by atomic mass is 9.82. The van der Waals surface area contributed by atoms with Gasteiger partial charge in [0.15, 0.2) is 0 Å². The Morgan fingerprint density at radius 1 is 1.31 bits per heavy atom. The average molecular weight is 259 g/mol. The molecule has 94 valence electrons. The maximum Gasteiger partial charge on any atom is 0.0212 e. The Labute approximate surface area is 109 Å². The van der Waals surface area contributed by atoms with E-state index in [-0.39, 0.29) is 0 Å². The average Bonchev–Trinajstić information content (AvgIpc) is 2.69. The SMILES string of the molecule is CSC1CCC(NC2CSCCC2(C)C)C1. The standard InChI is InChI=1S/C13H25NS2/c1-13(2)6-7-16-9-12(13)14-10-4-5-11(8-10)15-3/h10-12,14H,4-9H2,1-3H3. The number of hydrogen-bond donors (Lipinski definition) is 1. The minimum absolute atomic E-state index is 0.503. The van der Waals surface area contributed by atoms with Gasteiger partial charge in [-0.3, -0.25) is 0 Å². The smallest absolute Gasteiger partial charge is 0.0212 e. The summed E-state index contributed by atoms with van der Waals surface area (Å²) in [6.45, 7) is 4.87. The second kappa shape index (κ2) is 5.53. The van der Waals surface area contributed by atoms with Crippen LogP contribution >= 0.6 is 23.5 Å². The predicted octanol–water partition coefficient (Wildman–Crippen LogP) is 3.39. The van der Waals surface area contributed by atoms with Crippen molar-refractivity contribution in [3.63, 3.8) is 0 Å². The summed E-state index contributed by atoms with van der Waals surface area (Å²) >= 11 is 4.18. The van der Waals surface area contributed by atoms with Gasteiger partial charge in [0.1, 0.15) is 0 Å². The summed E-state index contributed by atoms with van der Waals surface area (Å²) in [5.41, 5.74) is 0.503. The maximum atomic E-state index is 3.94. The lowest BCUT2D eigenvalue weighted by molar-refractivity contribution is 0.228. The molecule has 0 amide bonds. The molecule has 0 aromatic heterocycles. The molecule has 0 bridgehead atoms. The van der Waals surface area contributed by atoms with Gasteiger partial charge < -0.3 is 5.32 Å². The van der Waals surface area contributed by atoms with E-state index in [1.54, 1.807) is 0 Å². The van der Waals surface area contributed by atoms with Crippen molar-refractivity contribution in [1.82, 2.24) is 5.32 Å². The summed E-state index contributed by atoms with van der Waals surface area (Å²) < 4.78 is 0. The molecule has 2 aliphatic rings. The van der Waals surface area contributed by atoms with Crippen molar-refractivity contribution in [3.8, 4) is 0 Å². The molecule has 0 aromatic carbocycles. The summed E-state index contributed by atoms with van der Waals surface area (Å²) in [5, 5.41) is 4.85. The lowest BCUT2D eigenvalue weighted by Crippen LogP contribution is -2.50. The van der Waals surface area contributed by atoms with Crippen LogP contribution in [0, 0.1) is 5.41 Å². The van der Waals surface area contributed by atoms with E-state index in [0.717, 1.165) is 17.3 Å². The van der Waals surface area contributed by atoms with Gasteiger partial charge in [-0.05, 0) is 43.1 Å². The summed E-state index contributed by atoms with van der Waals surface area (Å²) in [5.74, 6) is 2.66. The fourth-order valence-electron chi connectivity index (χ4n) is 2.80. The van der Waals surface area contributed by atoms with Crippen LogP contribution in [0.2, 0.25) is 0 Å². The zero-order chi connectivity index (χ0) is 11.6. The largest absolute Gasteiger partial charge is 0.310 e. The Hall–Kier alpha value is 0.660. The number of thioether (sulfide) groups is 2. The highest BCUT2D eigenvalue weighted by molar-refractivity contribution is 7.99. The van der Waals surface area contributed by atoms with Crippen LogP contribution in [0.4, 0.5) is 0 Å². The molecule has 3 heteroatoms. The van der Waals surface area contributed by atoms with E-state index in [9.17, 15) is 0 Å². The first-order valence-electron chi connectivity index (χ1n) is 6.48. The third-order valence-electron chi connectivity index (χ3n) is 4.27. The quantitative estimate of drug-likeness (QED) is 0.834. The van der Waals surface area contributed by atoms with Gasteiger partial charge in [-0.2, -0.15) is 23.5 Å². The van der Waals surface area contributed by atoms with E-state index >= 15 is 0 Å². The first-order valence-corrected chi connectivity index (χ1v) is 8.92. The van der Waals surface area contributed by atoms with Crippen molar-refractivity contribution in [2.45, 2.75) is 56.9 Å². The molecule has 2 fully saturated rings. The molecule has 1 saturated carbocycles. The molecule has 1 N–H and O–H groups in total. The van der Waals surface area contributed by atoms with Crippen molar-refractivity contribution in [2.24, 2.45) is 5.41 Å². The Morgan fingerprint density at radius 2 is 2.12 bits per heavy atom. The second-order valence-electron chi connectivity index (χ2n) is 5.90. The Balaban J connectivity index is 1.84. The number of rotatable bonds is 3. The molecule has 3 unspecified atom stereocenters. The highest BCUT2D eigenvalue weighted by atomic mass is 32.2. The summed E-state index contributed by atoms with van der Waals surface area (Å²) in [6.07, 6.45) is 7.82. The molecule has 1 nitrogen and oxygen atoms in total. The topological polar surface area (TPSA) is 12.0 Å². The van der Waals surface area contributed by atoms with Crippen molar-refractivity contribution >= 4 is 23.5 Å². The molecule has 1 aliphatic carbocycles. The summed E-state index contributed by atoms with van der Waals surface area (Å²) in [7, 11) is 0. The molecule has 1 aliphatic heterocycles. The molecule has 0 aromatic rings. The monoisotopic (exact) mass is 259 g/mol. The van der Waals surface area contributed by atoms with Gasteiger partial charge in [-0.1, -0.05) is 13.8 Å². The summed E-state index contributed by atoms with van der Waals surface area (Å²) in [4.78, 5) is 0. The zero-order valence-corrected chi connectivity index (χ0v) is 12.4. The molecule has 0 spiro atoms. The maximum absolute atomic E-state index is 3.94. The molecule has 16 heavy (non-hydrogen) atoms. The number of nitrogens with one attached hydrogen (secondary N) is 1. The minimum Gasteiger partial charge on any atom is -0.310 e. The van der Waals surface area contributed by atoms with Gasteiger partial charge in [0.05, 0.1) is 0 Å². The van der Waals surface area contributed by atoms with Crippen LogP contribution in [0.25, 0.3) is 0 Å². The van der Waals surface area contributed by atoms with Crippen LogP contribution in [-0.2, 0) is 0 Å². The molecule has 1 heterocycles. The molecule has 1 saturated heterocycles. The molecule has 0 radical (unpaired) electrons. The van der Waals surface area contributed by atoms with Crippen molar-refractivity contribution in [3.05, 3.63) is 0 Å². The highest BCUT2D eigenvalue weighted by Gasteiger charge is 2.35. The third kappa shape index (κ3) is 3.11. The van der Waals surface area contributed by atoms with Crippen LogP contribution in [0.5, 0.6) is 0 Å². The van der Waals surface area contributed by atoms with Crippen LogP contribution in [0.15, 0.2) is 0 Å². The van der Waals surface area contributed by atoms with Crippen molar-refractivity contribution in [2.75, 3.05) is 17.8 Å². The van der Waals surface area contributed by atoms with Crippen LogP contribution in [0.1, 0.15) is 39.5 Å². The Kier molecular flexibility index (Phi) is 4.53. The molecular formula is C13H25NS2. The van der Waals surface area contributed by atoms with Gasteiger partial charge in [-0.25, -0.2) is 0 Å². The van der Waals surface area contributed by atoms with Gasteiger partial charge in [-0.15, -0.1) is 0 Å². The van der Waals surface area contributed by atoms with E-state index in [4.69, 9.17) is 0 Å².